The number of hydrogen-bond acceptors (Lipinski definition) is 2. The molecule has 2 unspecified atom stereocenters. The van der Waals surface area contributed by atoms with E-state index >= 15 is 0 Å². The van der Waals surface area contributed by atoms with E-state index in [0.717, 1.165) is 29.2 Å². The minimum atomic E-state index is 0.238. The monoisotopic (exact) mass is 282 g/mol. The second-order valence-corrected chi connectivity index (χ2v) is 4.67. The Morgan fingerprint density at radius 1 is 1.25 bits per heavy atom. The van der Waals surface area contributed by atoms with Crippen molar-refractivity contribution in [2.75, 3.05) is 0 Å². The molecule has 2 atom stereocenters. The van der Waals surface area contributed by atoms with Crippen molar-refractivity contribution in [2.24, 2.45) is 0 Å². The lowest BCUT2D eigenvalue weighted by atomic mass is 9.91. The quantitative estimate of drug-likeness (QED) is 0.722. The van der Waals surface area contributed by atoms with Crippen LogP contribution in [0.2, 0.25) is 0 Å². The van der Waals surface area contributed by atoms with E-state index in [1.165, 1.54) is 11.1 Å². The molecule has 2 nitrogen and oxygen atoms in total. The van der Waals surface area contributed by atoms with Crippen molar-refractivity contribution in [3.05, 3.63) is 33.3 Å². The Balaban J connectivity index is 0.000000457. The fraction of sp³-hybridized carbons (Fsp3) is 0.462. The van der Waals surface area contributed by atoms with E-state index in [4.69, 9.17) is 4.74 Å². The van der Waals surface area contributed by atoms with Crippen LogP contribution in [0.25, 0.3) is 0 Å². The van der Waals surface area contributed by atoms with E-state index in [2.05, 4.69) is 15.9 Å². The molecule has 3 rings (SSSR count). The molecule has 1 fully saturated rings. The molecule has 0 radical (unpaired) electrons. The zero-order valence-corrected chi connectivity index (χ0v) is 11.1. The average molecular weight is 283 g/mol. The van der Waals surface area contributed by atoms with Gasteiger partial charge in [0.1, 0.15) is 0 Å². The molecule has 1 aromatic rings. The molecule has 0 saturated carbocycles. The third kappa shape index (κ3) is 1.72. The van der Waals surface area contributed by atoms with E-state index in [1.54, 1.807) is 0 Å². The van der Waals surface area contributed by atoms with Crippen molar-refractivity contribution in [3.8, 4) is 0 Å². The largest absolute Gasteiger partial charge is 0.366 e. The minimum Gasteiger partial charge on any atom is -0.366 e. The number of aldehydes is 1. The van der Waals surface area contributed by atoms with Gasteiger partial charge >= 0.3 is 0 Å². The maximum atomic E-state index is 10.8. The molecular weight excluding hydrogens is 268 g/mol. The zero-order valence-electron chi connectivity index (χ0n) is 9.50. The van der Waals surface area contributed by atoms with Gasteiger partial charge in [0.2, 0.25) is 0 Å². The molecule has 0 amide bonds. The van der Waals surface area contributed by atoms with Gasteiger partial charge in [0.25, 0.3) is 0 Å². The van der Waals surface area contributed by atoms with Crippen molar-refractivity contribution in [1.29, 1.82) is 0 Å². The first kappa shape index (κ1) is 11.8. The molecule has 3 heteroatoms. The highest BCUT2D eigenvalue weighted by Crippen LogP contribution is 2.51. The Morgan fingerprint density at radius 3 is 2.38 bits per heavy atom. The molecule has 2 aliphatic rings. The van der Waals surface area contributed by atoms with Crippen LogP contribution in [0.5, 0.6) is 0 Å². The van der Waals surface area contributed by atoms with Crippen LogP contribution in [0, 0.1) is 0 Å². The van der Waals surface area contributed by atoms with E-state index in [0.29, 0.717) is 0 Å². The van der Waals surface area contributed by atoms with Gasteiger partial charge in [-0.3, -0.25) is 4.79 Å². The first-order valence-electron chi connectivity index (χ1n) is 5.73. The molecule has 0 aromatic heterocycles. The maximum absolute atomic E-state index is 10.8. The third-order valence-electron chi connectivity index (χ3n) is 3.04. The standard InChI is InChI=1S/C11H9BrO2.C2H6/c12-9-4-8-7(3-6(9)5-13)10-1-2-11(8)14-10;1-2/h3-5,10-11H,1-2H2;1-2H3. The topological polar surface area (TPSA) is 26.3 Å². The number of hydrogen-bond donors (Lipinski definition) is 0. The Labute approximate surface area is 104 Å². The average Bonchev–Trinajstić information content (AvgIpc) is 2.91. The number of benzene rings is 1. The summed E-state index contributed by atoms with van der Waals surface area (Å²) < 4.78 is 6.64. The van der Waals surface area contributed by atoms with Crippen LogP contribution >= 0.6 is 15.9 Å². The highest BCUT2D eigenvalue weighted by Gasteiger charge is 2.38. The summed E-state index contributed by atoms with van der Waals surface area (Å²) in [6.45, 7) is 4.00. The maximum Gasteiger partial charge on any atom is 0.151 e. The third-order valence-corrected chi connectivity index (χ3v) is 3.73. The van der Waals surface area contributed by atoms with Crippen LogP contribution < -0.4 is 0 Å². The summed E-state index contributed by atoms with van der Waals surface area (Å²) in [5.74, 6) is 0. The van der Waals surface area contributed by atoms with Gasteiger partial charge in [-0.25, -0.2) is 0 Å². The number of ether oxygens (including phenoxy) is 1. The Kier molecular flexibility index (Phi) is 3.45. The summed E-state index contributed by atoms with van der Waals surface area (Å²) in [6, 6.07) is 3.99. The van der Waals surface area contributed by atoms with Crippen LogP contribution in [0.15, 0.2) is 16.6 Å². The molecule has 0 N–H and O–H groups in total. The predicted molar refractivity (Wildman–Crippen MR) is 66.7 cm³/mol. The SMILES string of the molecule is CC.O=Cc1cc2c(cc1Br)C1CCC2O1. The fourth-order valence-corrected chi connectivity index (χ4v) is 2.82. The molecule has 0 aliphatic carbocycles. The fourth-order valence-electron chi connectivity index (χ4n) is 2.37. The predicted octanol–water partition coefficient (Wildman–Crippen LogP) is 4.19. The number of fused-ring (bicyclic) bond motifs is 5. The lowest BCUT2D eigenvalue weighted by Gasteiger charge is -2.12. The van der Waals surface area contributed by atoms with Gasteiger partial charge in [-0.15, -0.1) is 0 Å². The molecule has 0 spiro atoms. The first-order valence-corrected chi connectivity index (χ1v) is 6.53. The van der Waals surface area contributed by atoms with Crippen LogP contribution in [0.3, 0.4) is 0 Å². The van der Waals surface area contributed by atoms with Gasteiger partial charge < -0.3 is 4.74 Å². The minimum absolute atomic E-state index is 0.238. The van der Waals surface area contributed by atoms with Gasteiger partial charge in [-0.05, 0) is 36.1 Å². The van der Waals surface area contributed by atoms with Crippen LogP contribution in [0.1, 0.15) is 60.4 Å². The Bertz CT molecular complexity index is 415. The highest BCUT2D eigenvalue weighted by atomic mass is 79.9. The lowest BCUT2D eigenvalue weighted by molar-refractivity contribution is 0.0716. The van der Waals surface area contributed by atoms with Gasteiger partial charge in [-0.2, -0.15) is 0 Å². The van der Waals surface area contributed by atoms with Crippen molar-refractivity contribution in [3.63, 3.8) is 0 Å². The van der Waals surface area contributed by atoms with E-state index in [1.807, 2.05) is 26.0 Å². The number of carbonyl (C=O) groups excluding carboxylic acids is 1. The molecule has 2 aliphatic heterocycles. The smallest absolute Gasteiger partial charge is 0.151 e. The zero-order chi connectivity index (χ0) is 11.7. The molecule has 16 heavy (non-hydrogen) atoms. The van der Waals surface area contributed by atoms with Crippen LogP contribution in [-0.2, 0) is 4.74 Å². The molecule has 86 valence electrons. The highest BCUT2D eigenvalue weighted by molar-refractivity contribution is 9.10. The summed E-state index contributed by atoms with van der Waals surface area (Å²) >= 11 is 3.39. The van der Waals surface area contributed by atoms with E-state index in [9.17, 15) is 4.79 Å². The van der Waals surface area contributed by atoms with Crippen molar-refractivity contribution >= 4 is 22.2 Å². The van der Waals surface area contributed by atoms with Crippen LogP contribution in [-0.4, -0.2) is 6.29 Å². The Morgan fingerprint density at radius 2 is 1.81 bits per heavy atom. The summed E-state index contributed by atoms with van der Waals surface area (Å²) in [4.78, 5) is 10.8. The molecule has 1 aromatic carbocycles. The van der Waals surface area contributed by atoms with E-state index in [-0.39, 0.29) is 12.2 Å². The molecule has 1 saturated heterocycles. The molecule has 2 bridgehead atoms. The van der Waals surface area contributed by atoms with Crippen molar-refractivity contribution in [1.82, 2.24) is 0 Å². The first-order chi connectivity index (χ1) is 7.79. The van der Waals surface area contributed by atoms with E-state index < -0.39 is 0 Å². The summed E-state index contributed by atoms with van der Waals surface area (Å²) in [5, 5.41) is 0. The van der Waals surface area contributed by atoms with Crippen molar-refractivity contribution in [2.45, 2.75) is 38.9 Å². The summed E-state index contributed by atoms with van der Waals surface area (Å²) in [6.07, 6.45) is 3.60. The number of rotatable bonds is 1. The van der Waals surface area contributed by atoms with Gasteiger partial charge in [0.15, 0.2) is 6.29 Å². The van der Waals surface area contributed by atoms with Crippen molar-refractivity contribution < 1.29 is 9.53 Å². The Hall–Kier alpha value is -0.670. The van der Waals surface area contributed by atoms with Gasteiger partial charge in [-0.1, -0.05) is 29.8 Å². The summed E-state index contributed by atoms with van der Waals surface area (Å²) in [5.41, 5.74) is 3.20. The summed E-state index contributed by atoms with van der Waals surface area (Å²) in [7, 11) is 0. The normalized spacial score (nSPS) is 24.7. The van der Waals surface area contributed by atoms with Gasteiger partial charge in [0.05, 0.1) is 12.2 Å². The molecular formula is C13H15BrO2. The van der Waals surface area contributed by atoms with Crippen LogP contribution in [0.4, 0.5) is 0 Å². The number of halogens is 1. The second-order valence-electron chi connectivity index (χ2n) is 3.81. The van der Waals surface area contributed by atoms with Gasteiger partial charge in [0, 0.05) is 10.0 Å². The second kappa shape index (κ2) is 4.68. The molecule has 2 heterocycles. The lowest BCUT2D eigenvalue weighted by Crippen LogP contribution is -1.99. The number of carbonyl (C=O) groups is 1.